The van der Waals surface area contributed by atoms with Crippen molar-refractivity contribution in [2.45, 2.75) is 26.2 Å². The van der Waals surface area contributed by atoms with Crippen LogP contribution in [-0.2, 0) is 13.5 Å². The highest BCUT2D eigenvalue weighted by Gasteiger charge is 2.02. The van der Waals surface area contributed by atoms with E-state index >= 15 is 0 Å². The summed E-state index contributed by atoms with van der Waals surface area (Å²) in [4.78, 5) is 0. The van der Waals surface area contributed by atoms with Crippen LogP contribution in [0.15, 0.2) is 0 Å². The number of hydrogen-bond acceptors (Lipinski definition) is 3. The molecule has 1 rings (SSSR count). The summed E-state index contributed by atoms with van der Waals surface area (Å²) in [6, 6.07) is 0. The lowest BCUT2D eigenvalue weighted by atomic mass is 10.2. The van der Waals surface area contributed by atoms with Crippen molar-refractivity contribution in [3.8, 4) is 0 Å². The number of rotatable bonds is 4. The molecular formula is C8H16N4. The van der Waals surface area contributed by atoms with E-state index in [0.717, 1.165) is 37.5 Å². The van der Waals surface area contributed by atoms with Crippen molar-refractivity contribution in [2.75, 3.05) is 6.54 Å². The summed E-state index contributed by atoms with van der Waals surface area (Å²) in [5.41, 5.74) is 5.39. The number of unbranched alkanes of at least 4 members (excludes halogenated alkanes) is 1. The van der Waals surface area contributed by atoms with Gasteiger partial charge in [-0.1, -0.05) is 0 Å². The topological polar surface area (TPSA) is 56.7 Å². The van der Waals surface area contributed by atoms with Crippen LogP contribution in [0, 0.1) is 6.92 Å². The van der Waals surface area contributed by atoms with Crippen molar-refractivity contribution in [2.24, 2.45) is 12.8 Å². The molecule has 0 aliphatic rings. The van der Waals surface area contributed by atoms with Gasteiger partial charge in [-0.2, -0.15) is 0 Å². The summed E-state index contributed by atoms with van der Waals surface area (Å²) in [6.45, 7) is 2.72. The van der Waals surface area contributed by atoms with Gasteiger partial charge in [0.2, 0.25) is 0 Å². The first kappa shape index (κ1) is 9.19. The average Bonchev–Trinajstić information content (AvgIpc) is 2.36. The van der Waals surface area contributed by atoms with Crippen molar-refractivity contribution in [3.63, 3.8) is 0 Å². The predicted octanol–water partition coefficient (Wildman–Crippen LogP) is 0.405. The molecule has 1 aromatic rings. The maximum Gasteiger partial charge on any atom is 0.132 e. The number of hydrogen-bond donors (Lipinski definition) is 1. The van der Waals surface area contributed by atoms with Gasteiger partial charge in [-0.15, -0.1) is 10.2 Å². The first-order chi connectivity index (χ1) is 5.75. The molecule has 0 radical (unpaired) electrons. The van der Waals surface area contributed by atoms with E-state index in [0.29, 0.717) is 0 Å². The van der Waals surface area contributed by atoms with Crippen LogP contribution in [0.3, 0.4) is 0 Å². The fourth-order valence-corrected chi connectivity index (χ4v) is 1.10. The Morgan fingerprint density at radius 2 is 2.08 bits per heavy atom. The second-order valence-corrected chi connectivity index (χ2v) is 2.97. The van der Waals surface area contributed by atoms with E-state index in [1.165, 1.54) is 0 Å². The zero-order valence-corrected chi connectivity index (χ0v) is 7.75. The zero-order valence-electron chi connectivity index (χ0n) is 7.75. The summed E-state index contributed by atoms with van der Waals surface area (Å²) in [5.74, 6) is 2.03. The van der Waals surface area contributed by atoms with Crippen LogP contribution in [0.2, 0.25) is 0 Å². The van der Waals surface area contributed by atoms with Crippen LogP contribution < -0.4 is 5.73 Å². The summed E-state index contributed by atoms with van der Waals surface area (Å²) < 4.78 is 2.02. The molecule has 0 aliphatic heterocycles. The number of nitrogens with two attached hydrogens (primary N) is 1. The molecule has 0 saturated carbocycles. The Morgan fingerprint density at radius 3 is 2.58 bits per heavy atom. The fraction of sp³-hybridized carbons (Fsp3) is 0.750. The van der Waals surface area contributed by atoms with Gasteiger partial charge in [0.05, 0.1) is 0 Å². The third-order valence-electron chi connectivity index (χ3n) is 2.04. The van der Waals surface area contributed by atoms with Crippen molar-refractivity contribution >= 4 is 0 Å². The first-order valence-corrected chi connectivity index (χ1v) is 4.30. The maximum absolute atomic E-state index is 5.39. The summed E-state index contributed by atoms with van der Waals surface area (Å²) >= 11 is 0. The molecule has 0 bridgehead atoms. The summed E-state index contributed by atoms with van der Waals surface area (Å²) in [7, 11) is 1.99. The molecule has 4 nitrogen and oxygen atoms in total. The molecule has 0 spiro atoms. The molecule has 12 heavy (non-hydrogen) atoms. The standard InChI is InChI=1S/C8H16N4/c1-7-10-11-8(12(7)2)5-3-4-6-9/h3-6,9H2,1-2H3. The van der Waals surface area contributed by atoms with Crippen molar-refractivity contribution in [1.82, 2.24) is 14.8 Å². The van der Waals surface area contributed by atoms with E-state index in [-0.39, 0.29) is 0 Å². The van der Waals surface area contributed by atoms with Gasteiger partial charge in [-0.25, -0.2) is 0 Å². The largest absolute Gasteiger partial charge is 0.330 e. The molecule has 1 heterocycles. The average molecular weight is 168 g/mol. The third-order valence-corrected chi connectivity index (χ3v) is 2.04. The number of aromatic nitrogens is 3. The lowest BCUT2D eigenvalue weighted by Crippen LogP contribution is -2.03. The van der Waals surface area contributed by atoms with Gasteiger partial charge in [-0.3, -0.25) is 0 Å². The van der Waals surface area contributed by atoms with E-state index in [4.69, 9.17) is 5.73 Å². The molecule has 0 unspecified atom stereocenters. The Morgan fingerprint density at radius 1 is 1.33 bits per heavy atom. The molecule has 0 amide bonds. The van der Waals surface area contributed by atoms with E-state index in [1.807, 2.05) is 18.5 Å². The van der Waals surface area contributed by atoms with Gasteiger partial charge in [0, 0.05) is 13.5 Å². The Balaban J connectivity index is 2.46. The van der Waals surface area contributed by atoms with Crippen molar-refractivity contribution < 1.29 is 0 Å². The second kappa shape index (κ2) is 4.21. The lowest BCUT2D eigenvalue weighted by Gasteiger charge is -1.99. The van der Waals surface area contributed by atoms with Crippen LogP contribution in [0.25, 0.3) is 0 Å². The molecule has 68 valence electrons. The van der Waals surface area contributed by atoms with Crippen LogP contribution >= 0.6 is 0 Å². The maximum atomic E-state index is 5.39. The molecule has 0 atom stereocenters. The molecule has 4 heteroatoms. The summed E-state index contributed by atoms with van der Waals surface area (Å²) in [5, 5.41) is 8.04. The highest BCUT2D eigenvalue weighted by Crippen LogP contribution is 2.02. The molecule has 0 saturated heterocycles. The zero-order chi connectivity index (χ0) is 8.97. The quantitative estimate of drug-likeness (QED) is 0.662. The SMILES string of the molecule is Cc1nnc(CCCCN)n1C. The normalized spacial score (nSPS) is 10.6. The van der Waals surface area contributed by atoms with Crippen LogP contribution in [-0.4, -0.2) is 21.3 Å². The minimum Gasteiger partial charge on any atom is -0.330 e. The molecule has 0 aliphatic carbocycles. The van der Waals surface area contributed by atoms with E-state index in [2.05, 4.69) is 10.2 Å². The van der Waals surface area contributed by atoms with Gasteiger partial charge in [0.15, 0.2) is 0 Å². The van der Waals surface area contributed by atoms with Crippen LogP contribution in [0.4, 0.5) is 0 Å². The molecular weight excluding hydrogens is 152 g/mol. The Hall–Kier alpha value is -0.900. The molecule has 2 N–H and O–H groups in total. The van der Waals surface area contributed by atoms with Gasteiger partial charge in [0.1, 0.15) is 11.6 Å². The van der Waals surface area contributed by atoms with Gasteiger partial charge in [-0.05, 0) is 26.3 Å². The van der Waals surface area contributed by atoms with Gasteiger partial charge < -0.3 is 10.3 Å². The fourth-order valence-electron chi connectivity index (χ4n) is 1.10. The Bertz CT molecular complexity index is 241. The van der Waals surface area contributed by atoms with Crippen LogP contribution in [0.1, 0.15) is 24.5 Å². The molecule has 0 aromatic carbocycles. The molecule has 0 fully saturated rings. The molecule has 1 aromatic heterocycles. The highest BCUT2D eigenvalue weighted by atomic mass is 15.3. The predicted molar refractivity (Wildman–Crippen MR) is 47.7 cm³/mol. The smallest absolute Gasteiger partial charge is 0.132 e. The minimum absolute atomic E-state index is 0.761. The summed E-state index contributed by atoms with van der Waals surface area (Å²) in [6.07, 6.45) is 3.14. The number of aryl methyl sites for hydroxylation is 2. The van der Waals surface area contributed by atoms with Crippen molar-refractivity contribution in [1.29, 1.82) is 0 Å². The van der Waals surface area contributed by atoms with Crippen molar-refractivity contribution in [3.05, 3.63) is 11.6 Å². The Labute approximate surface area is 72.8 Å². The van der Waals surface area contributed by atoms with E-state index in [1.54, 1.807) is 0 Å². The number of nitrogens with zero attached hydrogens (tertiary/aromatic N) is 3. The highest BCUT2D eigenvalue weighted by molar-refractivity contribution is 4.92. The van der Waals surface area contributed by atoms with Gasteiger partial charge >= 0.3 is 0 Å². The van der Waals surface area contributed by atoms with Gasteiger partial charge in [0.25, 0.3) is 0 Å². The minimum atomic E-state index is 0.761. The first-order valence-electron chi connectivity index (χ1n) is 4.30. The van der Waals surface area contributed by atoms with Crippen LogP contribution in [0.5, 0.6) is 0 Å². The lowest BCUT2D eigenvalue weighted by molar-refractivity contribution is 0.682. The monoisotopic (exact) mass is 168 g/mol. The van der Waals surface area contributed by atoms with E-state index < -0.39 is 0 Å². The third kappa shape index (κ3) is 2.04. The Kier molecular flexibility index (Phi) is 3.22. The van der Waals surface area contributed by atoms with E-state index in [9.17, 15) is 0 Å². The second-order valence-electron chi connectivity index (χ2n) is 2.97.